The average Bonchev–Trinajstić information content (AvgIpc) is 2.66. The Labute approximate surface area is 95.0 Å². The van der Waals surface area contributed by atoms with Gasteiger partial charge in [-0.15, -0.1) is 0 Å². The van der Waals surface area contributed by atoms with Gasteiger partial charge in [-0.2, -0.15) is 0 Å². The molecule has 0 N–H and O–H groups in total. The van der Waals surface area contributed by atoms with Crippen LogP contribution in [0, 0.1) is 11.8 Å². The van der Waals surface area contributed by atoms with Crippen LogP contribution in [0.2, 0.25) is 0 Å². The van der Waals surface area contributed by atoms with Crippen molar-refractivity contribution in [2.45, 2.75) is 16.1 Å². The van der Waals surface area contributed by atoms with E-state index in [1.54, 1.807) is 11.1 Å². The van der Waals surface area contributed by atoms with Crippen molar-refractivity contribution in [3.8, 4) is 0 Å². The summed E-state index contributed by atoms with van der Waals surface area (Å²) in [5.41, 5.74) is 3.09. The number of rotatable bonds is 0. The van der Waals surface area contributed by atoms with Gasteiger partial charge in [-0.05, 0) is 35.8 Å². The van der Waals surface area contributed by atoms with Crippen LogP contribution in [0.5, 0.6) is 0 Å². The summed E-state index contributed by atoms with van der Waals surface area (Å²) in [7, 11) is 0. The molecule has 0 bridgehead atoms. The zero-order chi connectivity index (χ0) is 9.05. The minimum Gasteiger partial charge on any atom is -0.0721 e. The maximum Gasteiger partial charge on any atom is 0.0875 e. The van der Waals surface area contributed by atoms with E-state index in [-0.39, 0.29) is 3.23 Å². The lowest BCUT2D eigenvalue weighted by molar-refractivity contribution is 0.648. The number of hydrogen-bond acceptors (Lipinski definition) is 0. The summed E-state index contributed by atoms with van der Waals surface area (Å²) < 4.78 is 0.249. The third-order valence-corrected chi connectivity index (χ3v) is 5.72. The third kappa shape index (κ3) is 1.15. The SMILES string of the molecule is BrC1(Br)C2Cc3ccccc3CC21. The Morgan fingerprint density at radius 2 is 1.46 bits per heavy atom. The van der Waals surface area contributed by atoms with Crippen LogP contribution < -0.4 is 0 Å². The number of hydrogen-bond donors (Lipinski definition) is 0. The number of benzene rings is 1. The Balaban J connectivity index is 1.99. The van der Waals surface area contributed by atoms with Crippen molar-refractivity contribution in [1.29, 1.82) is 0 Å². The van der Waals surface area contributed by atoms with Crippen molar-refractivity contribution in [2.75, 3.05) is 0 Å². The van der Waals surface area contributed by atoms with Crippen molar-refractivity contribution in [1.82, 2.24) is 0 Å². The number of fused-ring (bicyclic) bond motifs is 2. The summed E-state index contributed by atoms with van der Waals surface area (Å²) in [6, 6.07) is 8.82. The first-order valence-electron chi connectivity index (χ1n) is 4.64. The number of halogens is 2. The predicted octanol–water partition coefficient (Wildman–Crippen LogP) is 3.52. The van der Waals surface area contributed by atoms with Gasteiger partial charge in [-0.1, -0.05) is 56.1 Å². The fraction of sp³-hybridized carbons (Fsp3) is 0.455. The summed E-state index contributed by atoms with van der Waals surface area (Å²) in [4.78, 5) is 0. The Kier molecular flexibility index (Phi) is 1.70. The van der Waals surface area contributed by atoms with Gasteiger partial charge >= 0.3 is 0 Å². The first kappa shape index (κ1) is 8.49. The van der Waals surface area contributed by atoms with Gasteiger partial charge in [0.25, 0.3) is 0 Å². The molecular formula is C11H10Br2. The van der Waals surface area contributed by atoms with E-state index >= 15 is 0 Å². The summed E-state index contributed by atoms with van der Waals surface area (Å²) in [6.07, 6.45) is 2.47. The van der Waals surface area contributed by atoms with Gasteiger partial charge in [0.05, 0.1) is 3.23 Å². The summed E-state index contributed by atoms with van der Waals surface area (Å²) in [6.45, 7) is 0. The average molecular weight is 302 g/mol. The molecule has 68 valence electrons. The first-order valence-corrected chi connectivity index (χ1v) is 6.23. The van der Waals surface area contributed by atoms with Crippen LogP contribution in [0.4, 0.5) is 0 Å². The van der Waals surface area contributed by atoms with Gasteiger partial charge in [0.1, 0.15) is 0 Å². The quantitative estimate of drug-likeness (QED) is 0.643. The first-order chi connectivity index (χ1) is 6.19. The fourth-order valence-corrected chi connectivity index (χ4v) is 4.11. The van der Waals surface area contributed by atoms with Crippen LogP contribution in [0.3, 0.4) is 0 Å². The minimum atomic E-state index is 0.249. The molecule has 3 rings (SSSR count). The van der Waals surface area contributed by atoms with E-state index in [9.17, 15) is 0 Å². The Morgan fingerprint density at radius 1 is 1.00 bits per heavy atom. The van der Waals surface area contributed by atoms with E-state index in [1.165, 1.54) is 12.8 Å². The second-order valence-electron chi connectivity index (χ2n) is 4.06. The standard InChI is InChI=1S/C11H10Br2/c12-11(13)9-5-7-3-1-2-4-8(7)6-10(9)11/h1-4,9-10H,5-6H2. The molecule has 0 amide bonds. The molecule has 2 aliphatic rings. The third-order valence-electron chi connectivity index (χ3n) is 3.36. The van der Waals surface area contributed by atoms with Crippen molar-refractivity contribution >= 4 is 31.9 Å². The largest absolute Gasteiger partial charge is 0.0875 e. The molecule has 13 heavy (non-hydrogen) atoms. The highest BCUT2D eigenvalue weighted by molar-refractivity contribution is 9.25. The van der Waals surface area contributed by atoms with Crippen LogP contribution in [0.15, 0.2) is 24.3 Å². The topological polar surface area (TPSA) is 0 Å². The lowest BCUT2D eigenvalue weighted by atomic mass is 9.92. The smallest absolute Gasteiger partial charge is 0.0721 e. The van der Waals surface area contributed by atoms with Gasteiger partial charge in [0, 0.05) is 0 Å². The van der Waals surface area contributed by atoms with E-state index in [2.05, 4.69) is 56.1 Å². The molecule has 0 spiro atoms. The van der Waals surface area contributed by atoms with Crippen LogP contribution in [-0.2, 0) is 12.8 Å². The van der Waals surface area contributed by atoms with Crippen LogP contribution in [0.1, 0.15) is 11.1 Å². The highest BCUT2D eigenvalue weighted by Gasteiger charge is 2.62. The van der Waals surface area contributed by atoms with Crippen molar-refractivity contribution in [2.24, 2.45) is 11.8 Å². The second-order valence-corrected chi connectivity index (χ2v) is 7.75. The monoisotopic (exact) mass is 300 g/mol. The van der Waals surface area contributed by atoms with Gasteiger partial charge in [-0.3, -0.25) is 0 Å². The van der Waals surface area contributed by atoms with Crippen LogP contribution in [-0.4, -0.2) is 3.23 Å². The van der Waals surface area contributed by atoms with E-state index in [0.717, 1.165) is 11.8 Å². The fourth-order valence-electron chi connectivity index (χ4n) is 2.45. The minimum absolute atomic E-state index is 0.249. The van der Waals surface area contributed by atoms with Crippen molar-refractivity contribution < 1.29 is 0 Å². The molecule has 1 fully saturated rings. The molecule has 2 aliphatic carbocycles. The molecule has 0 nitrogen and oxygen atoms in total. The van der Waals surface area contributed by atoms with Crippen molar-refractivity contribution in [3.05, 3.63) is 35.4 Å². The van der Waals surface area contributed by atoms with Gasteiger partial charge in [-0.25, -0.2) is 0 Å². The molecule has 1 aromatic carbocycles. The second kappa shape index (κ2) is 2.60. The van der Waals surface area contributed by atoms with Crippen molar-refractivity contribution in [3.63, 3.8) is 0 Å². The zero-order valence-corrected chi connectivity index (χ0v) is 10.3. The lowest BCUT2D eigenvalue weighted by Crippen LogP contribution is -2.04. The van der Waals surface area contributed by atoms with Gasteiger partial charge in [0.2, 0.25) is 0 Å². The van der Waals surface area contributed by atoms with E-state index < -0.39 is 0 Å². The highest BCUT2D eigenvalue weighted by atomic mass is 79.9. The molecule has 2 atom stereocenters. The lowest BCUT2D eigenvalue weighted by Gasteiger charge is -2.12. The van der Waals surface area contributed by atoms with E-state index in [0.29, 0.717) is 0 Å². The van der Waals surface area contributed by atoms with E-state index in [1.807, 2.05) is 0 Å². The Hall–Kier alpha value is 0.180. The normalized spacial score (nSPS) is 33.4. The van der Waals surface area contributed by atoms with Gasteiger partial charge in [0.15, 0.2) is 0 Å². The highest BCUT2D eigenvalue weighted by Crippen LogP contribution is 2.66. The molecule has 1 aromatic rings. The molecule has 1 saturated carbocycles. The molecule has 0 heterocycles. The zero-order valence-electron chi connectivity index (χ0n) is 7.13. The van der Waals surface area contributed by atoms with Crippen LogP contribution in [0.25, 0.3) is 0 Å². The maximum absolute atomic E-state index is 3.76. The molecule has 0 radical (unpaired) electrons. The molecule has 0 saturated heterocycles. The Bertz CT molecular complexity index is 324. The van der Waals surface area contributed by atoms with Crippen LogP contribution >= 0.6 is 31.9 Å². The molecule has 0 aliphatic heterocycles. The van der Waals surface area contributed by atoms with E-state index in [4.69, 9.17) is 0 Å². The molecular weight excluding hydrogens is 292 g/mol. The molecule has 2 heteroatoms. The Morgan fingerprint density at radius 3 is 1.92 bits per heavy atom. The predicted molar refractivity (Wildman–Crippen MR) is 61.4 cm³/mol. The summed E-state index contributed by atoms with van der Waals surface area (Å²) in [5, 5.41) is 0. The number of alkyl halides is 2. The summed E-state index contributed by atoms with van der Waals surface area (Å²) >= 11 is 7.51. The maximum atomic E-state index is 3.76. The molecule has 0 aromatic heterocycles. The summed E-state index contributed by atoms with van der Waals surface area (Å²) in [5.74, 6) is 1.62. The molecule has 2 unspecified atom stereocenters. The van der Waals surface area contributed by atoms with Gasteiger partial charge < -0.3 is 0 Å².